The monoisotopic (exact) mass is 333 g/mol. The molecule has 5 heteroatoms. The molecule has 2 heterocycles. The SMILES string of the molecule is COc1cc(F)ccc1C1=CC2CCC(C1)N2C(=O)OC(C)(C)C. The average Bonchev–Trinajstić information content (AvgIpc) is 2.76. The Morgan fingerprint density at radius 2 is 2.04 bits per heavy atom. The molecule has 0 aliphatic carbocycles. The maximum absolute atomic E-state index is 13.4. The van der Waals surface area contributed by atoms with Crippen molar-refractivity contribution in [3.63, 3.8) is 0 Å². The molecule has 0 N–H and O–H groups in total. The van der Waals surface area contributed by atoms with Gasteiger partial charge in [0.2, 0.25) is 0 Å². The van der Waals surface area contributed by atoms with Gasteiger partial charge in [-0.05, 0) is 57.7 Å². The molecule has 1 saturated heterocycles. The fourth-order valence-electron chi connectivity index (χ4n) is 3.56. The van der Waals surface area contributed by atoms with E-state index in [0.717, 1.165) is 30.4 Å². The summed E-state index contributed by atoms with van der Waals surface area (Å²) in [6.07, 6.45) is 4.46. The van der Waals surface area contributed by atoms with Crippen molar-refractivity contribution in [2.24, 2.45) is 0 Å². The van der Waals surface area contributed by atoms with E-state index in [2.05, 4.69) is 6.08 Å². The number of benzene rings is 1. The maximum atomic E-state index is 13.4. The summed E-state index contributed by atoms with van der Waals surface area (Å²) < 4.78 is 24.3. The molecular weight excluding hydrogens is 309 g/mol. The highest BCUT2D eigenvalue weighted by atomic mass is 19.1. The summed E-state index contributed by atoms with van der Waals surface area (Å²) in [6, 6.07) is 4.75. The summed E-state index contributed by atoms with van der Waals surface area (Å²) in [6.45, 7) is 5.63. The maximum Gasteiger partial charge on any atom is 0.411 e. The van der Waals surface area contributed by atoms with Crippen LogP contribution >= 0.6 is 0 Å². The molecule has 2 atom stereocenters. The molecule has 0 spiro atoms. The van der Waals surface area contributed by atoms with Crippen LogP contribution in [0.3, 0.4) is 0 Å². The Hall–Kier alpha value is -2.04. The number of halogens is 1. The van der Waals surface area contributed by atoms with Gasteiger partial charge in [-0.2, -0.15) is 0 Å². The average molecular weight is 333 g/mol. The number of hydrogen-bond acceptors (Lipinski definition) is 3. The van der Waals surface area contributed by atoms with Gasteiger partial charge in [0.1, 0.15) is 17.2 Å². The van der Waals surface area contributed by atoms with Crippen LogP contribution in [0.4, 0.5) is 9.18 Å². The van der Waals surface area contributed by atoms with Gasteiger partial charge in [0, 0.05) is 17.7 Å². The quantitative estimate of drug-likeness (QED) is 0.806. The van der Waals surface area contributed by atoms with Crippen molar-refractivity contribution in [1.82, 2.24) is 4.90 Å². The van der Waals surface area contributed by atoms with Crippen molar-refractivity contribution in [3.8, 4) is 5.75 Å². The van der Waals surface area contributed by atoms with E-state index < -0.39 is 5.60 Å². The first-order chi connectivity index (χ1) is 11.3. The molecule has 130 valence electrons. The second-order valence-corrected chi connectivity index (χ2v) is 7.43. The van der Waals surface area contributed by atoms with Crippen molar-refractivity contribution in [2.75, 3.05) is 7.11 Å². The Morgan fingerprint density at radius 3 is 2.67 bits per heavy atom. The van der Waals surface area contributed by atoms with Crippen molar-refractivity contribution < 1.29 is 18.7 Å². The van der Waals surface area contributed by atoms with E-state index in [4.69, 9.17) is 9.47 Å². The zero-order valence-electron chi connectivity index (χ0n) is 14.6. The van der Waals surface area contributed by atoms with E-state index in [-0.39, 0.29) is 24.0 Å². The molecule has 1 aromatic rings. The number of carbonyl (C=O) groups is 1. The number of fused-ring (bicyclic) bond motifs is 2. The predicted molar refractivity (Wildman–Crippen MR) is 90.4 cm³/mol. The van der Waals surface area contributed by atoms with Gasteiger partial charge in [0.05, 0.1) is 13.2 Å². The zero-order chi connectivity index (χ0) is 17.5. The first-order valence-electron chi connectivity index (χ1n) is 8.34. The molecule has 1 fully saturated rings. The van der Waals surface area contributed by atoms with Gasteiger partial charge in [-0.3, -0.25) is 4.90 Å². The summed E-state index contributed by atoms with van der Waals surface area (Å²) >= 11 is 0. The van der Waals surface area contributed by atoms with Gasteiger partial charge in [-0.25, -0.2) is 9.18 Å². The molecule has 2 aliphatic rings. The summed E-state index contributed by atoms with van der Waals surface area (Å²) in [5, 5.41) is 0. The molecule has 2 bridgehead atoms. The van der Waals surface area contributed by atoms with Crippen LogP contribution in [0.2, 0.25) is 0 Å². The Bertz CT molecular complexity index is 678. The molecular formula is C19H24FNO3. The Kier molecular flexibility index (Phi) is 4.28. The van der Waals surface area contributed by atoms with Crippen LogP contribution in [-0.4, -0.2) is 35.8 Å². The molecule has 2 aliphatic heterocycles. The van der Waals surface area contributed by atoms with E-state index in [9.17, 15) is 9.18 Å². The number of carbonyl (C=O) groups excluding carboxylic acids is 1. The lowest BCUT2D eigenvalue weighted by atomic mass is 9.94. The number of methoxy groups -OCH3 is 1. The third-order valence-electron chi connectivity index (χ3n) is 4.51. The lowest BCUT2D eigenvalue weighted by Gasteiger charge is -2.35. The number of nitrogens with zero attached hydrogens (tertiary/aromatic N) is 1. The first-order valence-corrected chi connectivity index (χ1v) is 8.34. The van der Waals surface area contributed by atoms with Crippen LogP contribution in [0.25, 0.3) is 5.57 Å². The van der Waals surface area contributed by atoms with Gasteiger partial charge in [0.15, 0.2) is 0 Å². The summed E-state index contributed by atoms with van der Waals surface area (Å²) in [5.74, 6) is 0.219. The largest absolute Gasteiger partial charge is 0.496 e. The highest BCUT2D eigenvalue weighted by Gasteiger charge is 2.41. The van der Waals surface area contributed by atoms with Crippen LogP contribution in [0, 0.1) is 5.82 Å². The Labute approximate surface area is 142 Å². The first kappa shape index (κ1) is 16.8. The third kappa shape index (κ3) is 3.25. The van der Waals surface area contributed by atoms with Gasteiger partial charge >= 0.3 is 6.09 Å². The number of hydrogen-bond donors (Lipinski definition) is 0. The third-order valence-corrected chi connectivity index (χ3v) is 4.51. The molecule has 0 saturated carbocycles. The van der Waals surface area contributed by atoms with Crippen LogP contribution in [0.15, 0.2) is 24.3 Å². The van der Waals surface area contributed by atoms with Crippen LogP contribution in [-0.2, 0) is 4.74 Å². The lowest BCUT2D eigenvalue weighted by Crippen LogP contribution is -2.45. The zero-order valence-corrected chi connectivity index (χ0v) is 14.6. The molecule has 2 unspecified atom stereocenters. The summed E-state index contributed by atoms with van der Waals surface area (Å²) in [5.41, 5.74) is 1.51. The molecule has 1 aromatic carbocycles. The van der Waals surface area contributed by atoms with Crippen LogP contribution < -0.4 is 4.74 Å². The van der Waals surface area contributed by atoms with E-state index in [1.807, 2.05) is 25.7 Å². The fourth-order valence-corrected chi connectivity index (χ4v) is 3.56. The van der Waals surface area contributed by atoms with E-state index in [1.165, 1.54) is 12.1 Å². The van der Waals surface area contributed by atoms with E-state index in [1.54, 1.807) is 13.2 Å². The molecule has 3 rings (SSSR count). The molecule has 4 nitrogen and oxygen atoms in total. The fraction of sp³-hybridized carbons (Fsp3) is 0.526. The van der Waals surface area contributed by atoms with Gasteiger partial charge in [-0.1, -0.05) is 6.08 Å². The topological polar surface area (TPSA) is 38.8 Å². The van der Waals surface area contributed by atoms with Crippen LogP contribution in [0.1, 0.15) is 45.6 Å². The van der Waals surface area contributed by atoms with Crippen molar-refractivity contribution in [2.45, 2.75) is 57.7 Å². The van der Waals surface area contributed by atoms with Gasteiger partial charge in [0.25, 0.3) is 0 Å². The highest BCUT2D eigenvalue weighted by Crippen LogP contribution is 2.41. The van der Waals surface area contributed by atoms with E-state index >= 15 is 0 Å². The van der Waals surface area contributed by atoms with Crippen LogP contribution in [0.5, 0.6) is 5.75 Å². The smallest absolute Gasteiger partial charge is 0.411 e. The number of rotatable bonds is 2. The normalized spacial score (nSPS) is 23.0. The second-order valence-electron chi connectivity index (χ2n) is 7.43. The summed E-state index contributed by atoms with van der Waals surface area (Å²) in [4.78, 5) is 14.3. The number of ether oxygens (including phenoxy) is 2. The standard InChI is InChI=1S/C19H24FNO3/c1-19(2,3)24-18(22)21-14-6-7-15(21)10-12(9-14)16-8-5-13(20)11-17(16)23-4/h5,8-9,11,14-15H,6-7,10H2,1-4H3. The van der Waals surface area contributed by atoms with Crippen molar-refractivity contribution in [1.29, 1.82) is 0 Å². The van der Waals surface area contributed by atoms with E-state index in [0.29, 0.717) is 5.75 Å². The Balaban J connectivity index is 1.86. The predicted octanol–water partition coefficient (Wildman–Crippen LogP) is 4.39. The van der Waals surface area contributed by atoms with Crippen molar-refractivity contribution in [3.05, 3.63) is 35.7 Å². The summed E-state index contributed by atoms with van der Waals surface area (Å²) in [7, 11) is 1.54. The van der Waals surface area contributed by atoms with Gasteiger partial charge in [-0.15, -0.1) is 0 Å². The molecule has 1 amide bonds. The molecule has 24 heavy (non-hydrogen) atoms. The minimum atomic E-state index is -0.499. The minimum absolute atomic E-state index is 0.0309. The Morgan fingerprint density at radius 1 is 1.29 bits per heavy atom. The second kappa shape index (κ2) is 6.11. The van der Waals surface area contributed by atoms with Gasteiger partial charge < -0.3 is 9.47 Å². The minimum Gasteiger partial charge on any atom is -0.496 e. The number of amides is 1. The van der Waals surface area contributed by atoms with Crippen molar-refractivity contribution >= 4 is 11.7 Å². The lowest BCUT2D eigenvalue weighted by molar-refractivity contribution is 0.0175. The highest BCUT2D eigenvalue weighted by molar-refractivity contribution is 5.77. The molecule has 0 aromatic heterocycles. The molecule has 0 radical (unpaired) electrons.